The maximum Gasteiger partial charge on any atom is 0.185 e. The summed E-state index contributed by atoms with van der Waals surface area (Å²) in [5, 5.41) is 0. The predicted octanol–water partition coefficient (Wildman–Crippen LogP) is 6.83. The van der Waals surface area contributed by atoms with Gasteiger partial charge in [0.15, 0.2) is 46.5 Å². The summed E-state index contributed by atoms with van der Waals surface area (Å²) in [5.74, 6) is -13.5. The van der Waals surface area contributed by atoms with Gasteiger partial charge >= 0.3 is 0 Å². The first-order chi connectivity index (χ1) is 15.9. The number of anilines is 2. The molecule has 0 radical (unpaired) electrons. The zero-order valence-electron chi connectivity index (χ0n) is 17.4. The second-order valence-electron chi connectivity index (χ2n) is 6.71. The smallest absolute Gasteiger partial charge is 0.185 e. The third-order valence-corrected chi connectivity index (χ3v) is 6.91. The van der Waals surface area contributed by atoms with Crippen molar-refractivity contribution in [1.29, 1.82) is 0 Å². The molecule has 2 aromatic carbocycles. The molecular weight excluding hydrogens is 512 g/mol. The molecule has 3 nitrogen and oxygen atoms in total. The van der Waals surface area contributed by atoms with Crippen LogP contribution in [0, 0.1) is 46.5 Å². The molecule has 0 bridgehead atoms. The van der Waals surface area contributed by atoms with E-state index in [1.54, 1.807) is 0 Å². The molecule has 4 N–H and O–H groups in total. The lowest BCUT2D eigenvalue weighted by Crippen LogP contribution is -2.09. The average Bonchev–Trinajstić information content (AvgIpc) is 2.80. The molecule has 2 aromatic rings. The van der Waals surface area contributed by atoms with E-state index < -0.39 is 74.8 Å². The molecule has 2 rings (SSSR count). The Kier molecular flexibility index (Phi) is 9.56. The van der Waals surface area contributed by atoms with E-state index in [2.05, 4.69) is 13.2 Å². The summed E-state index contributed by atoms with van der Waals surface area (Å²) in [4.78, 5) is 0. The highest BCUT2D eigenvalue weighted by Crippen LogP contribution is 2.33. The van der Waals surface area contributed by atoms with Crippen molar-refractivity contribution in [2.24, 2.45) is 0 Å². The molecule has 0 atom stereocenters. The monoisotopic (exact) mass is 530 g/mol. The van der Waals surface area contributed by atoms with Crippen LogP contribution in [0.2, 0.25) is 0 Å². The van der Waals surface area contributed by atoms with E-state index in [1.165, 1.54) is 21.6 Å². The Balaban J connectivity index is 1.77. The normalized spacial score (nSPS) is 11.1. The maximum atomic E-state index is 13.9. The zero-order chi connectivity index (χ0) is 25.7. The largest absolute Gasteiger partial charge is 0.492 e. The highest BCUT2D eigenvalue weighted by atomic mass is 33.1. The fourth-order valence-electron chi connectivity index (χ4n) is 2.71. The Morgan fingerprint density at radius 1 is 0.647 bits per heavy atom. The quantitative estimate of drug-likeness (QED) is 0.0833. The van der Waals surface area contributed by atoms with Gasteiger partial charge in [-0.2, -0.15) is 0 Å². The number of halogens is 8. The van der Waals surface area contributed by atoms with Gasteiger partial charge < -0.3 is 16.2 Å². The molecule has 0 unspecified atom stereocenters. The molecule has 0 amide bonds. The van der Waals surface area contributed by atoms with Gasteiger partial charge in [-0.3, -0.25) is 0 Å². The highest BCUT2D eigenvalue weighted by Gasteiger charge is 2.27. The zero-order valence-corrected chi connectivity index (χ0v) is 19.0. The number of hydrogen-bond acceptors (Lipinski definition) is 5. The van der Waals surface area contributed by atoms with Gasteiger partial charge in [-0.25, -0.2) is 35.1 Å². The van der Waals surface area contributed by atoms with E-state index in [9.17, 15) is 35.1 Å². The summed E-state index contributed by atoms with van der Waals surface area (Å²) < 4.78 is 115. The van der Waals surface area contributed by atoms with Crippen LogP contribution in [0.5, 0.6) is 0 Å². The first kappa shape index (κ1) is 27.7. The van der Waals surface area contributed by atoms with Crippen LogP contribution in [0.1, 0.15) is 24.0 Å². The van der Waals surface area contributed by atoms with Crippen LogP contribution in [0.3, 0.4) is 0 Å². The van der Waals surface area contributed by atoms with Gasteiger partial charge in [0, 0.05) is 11.5 Å². The number of rotatable bonds is 11. The molecular formula is C21H18F8N2OS2. The van der Waals surface area contributed by atoms with Crippen LogP contribution in [0.25, 0.3) is 11.3 Å². The number of benzene rings is 2. The van der Waals surface area contributed by atoms with Crippen molar-refractivity contribution < 1.29 is 39.9 Å². The van der Waals surface area contributed by atoms with Crippen molar-refractivity contribution in [3.63, 3.8) is 0 Å². The number of ether oxygens (including phenoxy) is 1. The van der Waals surface area contributed by atoms with Crippen molar-refractivity contribution >= 4 is 44.3 Å². The fraction of sp³-hybridized carbons (Fsp3) is 0.238. The summed E-state index contributed by atoms with van der Waals surface area (Å²) in [6.45, 7) is 6.61. The fourth-order valence-corrected chi connectivity index (χ4v) is 4.62. The van der Waals surface area contributed by atoms with Crippen LogP contribution >= 0.6 is 21.6 Å². The molecule has 34 heavy (non-hydrogen) atoms. The van der Waals surface area contributed by atoms with E-state index in [1.807, 2.05) is 0 Å². The predicted molar refractivity (Wildman–Crippen MR) is 120 cm³/mol. The molecule has 0 aromatic heterocycles. The van der Waals surface area contributed by atoms with Crippen LogP contribution in [0.4, 0.5) is 46.5 Å². The maximum absolute atomic E-state index is 13.9. The lowest BCUT2D eigenvalue weighted by molar-refractivity contribution is 0.296. The van der Waals surface area contributed by atoms with E-state index in [0.29, 0.717) is 12.2 Å². The van der Waals surface area contributed by atoms with Gasteiger partial charge in [-0.15, -0.1) is 0 Å². The minimum atomic E-state index is -1.76. The summed E-state index contributed by atoms with van der Waals surface area (Å²) in [5.41, 5.74) is 5.20. The highest BCUT2D eigenvalue weighted by molar-refractivity contribution is 8.76. The summed E-state index contributed by atoms with van der Waals surface area (Å²) in [7, 11) is 2.54. The van der Waals surface area contributed by atoms with Crippen molar-refractivity contribution in [3.05, 3.63) is 70.8 Å². The van der Waals surface area contributed by atoms with E-state index in [-0.39, 0.29) is 24.4 Å². The van der Waals surface area contributed by atoms with E-state index in [4.69, 9.17) is 16.2 Å². The Morgan fingerprint density at radius 2 is 1.06 bits per heavy atom. The lowest BCUT2D eigenvalue weighted by atomic mass is 10.0. The van der Waals surface area contributed by atoms with Crippen LogP contribution in [-0.4, -0.2) is 18.1 Å². The number of nitrogen functional groups attached to an aromatic ring is 2. The first-order valence-corrected chi connectivity index (χ1v) is 11.9. The molecule has 0 spiro atoms. The second-order valence-corrected chi connectivity index (χ2v) is 9.41. The Hall–Kier alpha value is -2.54. The van der Waals surface area contributed by atoms with Crippen LogP contribution in [-0.2, 0) is 4.74 Å². The Morgan fingerprint density at radius 3 is 1.53 bits per heavy atom. The third kappa shape index (κ3) is 5.74. The molecule has 0 aliphatic carbocycles. The van der Waals surface area contributed by atoms with Gasteiger partial charge in [0.25, 0.3) is 0 Å². The molecule has 0 fully saturated rings. The molecule has 13 heteroatoms. The average molecular weight is 531 g/mol. The Bertz CT molecular complexity index is 981. The van der Waals surface area contributed by atoms with Gasteiger partial charge in [-0.1, -0.05) is 34.7 Å². The molecule has 0 aliphatic rings. The SMILES string of the molecule is C=C(CCCSSCCOC(=C)c1c(F)c(F)c(N)c(F)c1F)c1c(F)c(F)c(N)c(F)c1F. The number of nitrogens with two attached hydrogens (primary N) is 2. The first-order valence-electron chi connectivity index (χ1n) is 9.39. The molecule has 186 valence electrons. The number of hydrogen-bond donors (Lipinski definition) is 2. The summed E-state index contributed by atoms with van der Waals surface area (Å²) in [6, 6.07) is 0. The van der Waals surface area contributed by atoms with Gasteiger partial charge in [-0.05, 0) is 18.4 Å². The van der Waals surface area contributed by atoms with Crippen LogP contribution < -0.4 is 11.5 Å². The lowest BCUT2D eigenvalue weighted by Gasteiger charge is -2.13. The minimum absolute atomic E-state index is 0.0321. The summed E-state index contributed by atoms with van der Waals surface area (Å²) >= 11 is 0. The van der Waals surface area contributed by atoms with Gasteiger partial charge in [0.05, 0.1) is 17.7 Å². The van der Waals surface area contributed by atoms with E-state index in [0.717, 1.165) is 0 Å². The van der Waals surface area contributed by atoms with Gasteiger partial charge in [0.1, 0.15) is 17.1 Å². The van der Waals surface area contributed by atoms with Crippen molar-refractivity contribution in [1.82, 2.24) is 0 Å². The second kappa shape index (κ2) is 11.7. The Labute approximate surface area is 197 Å². The van der Waals surface area contributed by atoms with Crippen molar-refractivity contribution in [2.75, 3.05) is 29.6 Å². The molecule has 0 saturated heterocycles. The number of allylic oxidation sites excluding steroid dienone is 1. The van der Waals surface area contributed by atoms with Crippen molar-refractivity contribution in [2.45, 2.75) is 12.8 Å². The van der Waals surface area contributed by atoms with Gasteiger partial charge in [0.2, 0.25) is 0 Å². The van der Waals surface area contributed by atoms with Crippen molar-refractivity contribution in [3.8, 4) is 0 Å². The van der Waals surface area contributed by atoms with E-state index >= 15 is 0 Å². The standard InChI is InChI=1S/C21H18F8N2OS2/c1-8(10-12(22)16(26)20(30)17(27)13(10)23)4-3-6-33-34-7-5-32-9(2)11-14(24)18(28)21(31)19(29)15(11)25/h1-7,30-31H2. The molecule has 0 heterocycles. The topological polar surface area (TPSA) is 61.3 Å². The summed E-state index contributed by atoms with van der Waals surface area (Å²) in [6.07, 6.45) is 0.376. The minimum Gasteiger partial charge on any atom is -0.492 e. The molecule has 0 saturated carbocycles. The third-order valence-electron chi connectivity index (χ3n) is 4.46. The molecule has 0 aliphatic heterocycles. The van der Waals surface area contributed by atoms with Crippen LogP contribution in [0.15, 0.2) is 13.2 Å².